The van der Waals surface area contributed by atoms with Crippen molar-refractivity contribution in [3.63, 3.8) is 0 Å². The number of carbonyl (C=O) groups is 1. The van der Waals surface area contributed by atoms with Gasteiger partial charge in [-0.15, -0.1) is 0 Å². The molecule has 8 nitrogen and oxygen atoms in total. The van der Waals surface area contributed by atoms with Gasteiger partial charge in [0.15, 0.2) is 5.71 Å². The molecule has 0 saturated heterocycles. The Kier molecular flexibility index (Phi) is 11.1. The second-order valence-electron chi connectivity index (χ2n) is 12.2. The van der Waals surface area contributed by atoms with Gasteiger partial charge in [0, 0.05) is 23.1 Å². The Bertz CT molecular complexity index is 1930. The maximum atomic E-state index is 11.8. The maximum absolute atomic E-state index is 11.8. The van der Waals surface area contributed by atoms with Crippen LogP contribution in [0.1, 0.15) is 50.1 Å². The van der Waals surface area contributed by atoms with Crippen molar-refractivity contribution in [3.8, 4) is 11.5 Å². The van der Waals surface area contributed by atoms with Gasteiger partial charge in [0.05, 0.1) is 22.4 Å². The van der Waals surface area contributed by atoms with Crippen LogP contribution in [-0.2, 0) is 18.0 Å². The Hall–Kier alpha value is -4.76. The van der Waals surface area contributed by atoms with Crippen LogP contribution in [0.15, 0.2) is 126 Å². The van der Waals surface area contributed by atoms with Gasteiger partial charge in [0.1, 0.15) is 24.7 Å². The Morgan fingerprint density at radius 1 is 0.708 bits per heavy atom. The molecule has 4 aromatic carbocycles. The predicted octanol–water partition coefficient (Wildman–Crippen LogP) is 5.52. The number of carboxylic acid groups (broad SMARTS) is 1. The molecule has 0 amide bonds. The first-order chi connectivity index (χ1) is 22.8. The van der Waals surface area contributed by atoms with Gasteiger partial charge in [0.2, 0.25) is 0 Å². The summed E-state index contributed by atoms with van der Waals surface area (Å²) in [5, 5.41) is 24.3. The van der Waals surface area contributed by atoms with E-state index >= 15 is 0 Å². The second-order valence-corrected chi connectivity index (χ2v) is 12.2. The summed E-state index contributed by atoms with van der Waals surface area (Å²) in [5.41, 5.74) is 4.47. The molecule has 0 radical (unpaired) electrons. The van der Waals surface area contributed by atoms with E-state index in [-0.39, 0.29) is 49.0 Å². The fraction of sp³-hybridized carbons (Fsp3) is 0.179. The quantitative estimate of drug-likeness (QED) is 0.0777. The minimum Gasteiger partial charge on any atom is -1.00 e. The Morgan fingerprint density at radius 3 is 1.56 bits per heavy atom. The molecular weight excluding hydrogens is 613 g/mol. The number of hydrogen-bond acceptors (Lipinski definition) is 7. The molecule has 0 aliphatic rings. The largest absolute Gasteiger partial charge is 1.00 e. The van der Waals surface area contributed by atoms with Crippen LogP contribution in [-0.4, -0.2) is 32.0 Å². The minimum atomic E-state index is -1.25. The van der Waals surface area contributed by atoms with Gasteiger partial charge in [0.25, 0.3) is 0 Å². The molecule has 2 heterocycles. The smallest absolute Gasteiger partial charge is 1.00 e. The fourth-order valence-corrected chi connectivity index (χ4v) is 5.99. The normalized spacial score (nSPS) is 11.8. The molecule has 6 aromatic rings. The standard InChI is InChI=1S/C39H35N3O5.Na.H/c1-39(2,23-36(42-45)38(43)44)37(28-13-19-32(20-14-28)46-24-30-17-11-26-7-3-5-9-34(26)40-30)29-15-21-33(22-16-29)47-25-31-18-12-27-8-4-6-10-35(27)41-31;;/h3-22,37,45H,23-25H2,1-2H3,(H,43,44);;/q;+1;-1. The summed E-state index contributed by atoms with van der Waals surface area (Å²) >= 11 is 0. The first kappa shape index (κ1) is 34.6. The molecule has 0 spiro atoms. The molecule has 2 N–H and O–H groups in total. The number of nitrogens with zero attached hydrogens (tertiary/aromatic N) is 3. The van der Waals surface area contributed by atoms with Crippen molar-refractivity contribution < 1.29 is 55.6 Å². The van der Waals surface area contributed by atoms with Gasteiger partial charge < -0.3 is 21.2 Å². The number of pyridine rings is 2. The Morgan fingerprint density at radius 2 is 1.15 bits per heavy atom. The van der Waals surface area contributed by atoms with Crippen molar-refractivity contribution in [2.24, 2.45) is 10.6 Å². The van der Waals surface area contributed by atoms with Crippen molar-refractivity contribution in [3.05, 3.63) is 144 Å². The molecule has 238 valence electrons. The number of carboxylic acids is 1. The number of benzene rings is 4. The molecular formula is C39H36N3NaO5. The van der Waals surface area contributed by atoms with Crippen LogP contribution in [0.5, 0.6) is 11.5 Å². The number of para-hydroxylation sites is 2. The SMILES string of the molecule is CC(C)(CC(=NO)C(=O)O)C(c1ccc(OCc2ccc3ccccc3n2)cc1)c1ccc(OCc2ccc3ccccc3n2)cc1.[H-].[Na+]. The molecule has 0 unspecified atom stereocenters. The summed E-state index contributed by atoms with van der Waals surface area (Å²) < 4.78 is 12.1. The van der Waals surface area contributed by atoms with E-state index in [9.17, 15) is 15.1 Å². The zero-order valence-electron chi connectivity index (χ0n) is 28.2. The molecule has 48 heavy (non-hydrogen) atoms. The van der Waals surface area contributed by atoms with Crippen LogP contribution in [0.2, 0.25) is 0 Å². The topological polar surface area (TPSA) is 114 Å². The number of aromatic nitrogens is 2. The zero-order valence-corrected chi connectivity index (χ0v) is 29.2. The first-order valence-electron chi connectivity index (χ1n) is 15.4. The minimum absolute atomic E-state index is 0. The fourth-order valence-electron chi connectivity index (χ4n) is 5.99. The predicted molar refractivity (Wildman–Crippen MR) is 183 cm³/mol. The summed E-state index contributed by atoms with van der Waals surface area (Å²) in [4.78, 5) is 21.2. The Labute approximate surface area is 302 Å². The van der Waals surface area contributed by atoms with Gasteiger partial charge in [-0.1, -0.05) is 91.8 Å². The average Bonchev–Trinajstić information content (AvgIpc) is 3.09. The third kappa shape index (κ3) is 8.20. The van der Waals surface area contributed by atoms with E-state index in [1.807, 2.05) is 135 Å². The Balaban J connectivity index is 0.00000270. The van der Waals surface area contributed by atoms with Crippen LogP contribution in [0.3, 0.4) is 0 Å². The second kappa shape index (κ2) is 15.4. The molecule has 2 aromatic heterocycles. The van der Waals surface area contributed by atoms with E-state index in [1.165, 1.54) is 0 Å². The maximum Gasteiger partial charge on any atom is 1.00 e. The van der Waals surface area contributed by atoms with Crippen molar-refractivity contribution >= 4 is 33.5 Å². The number of fused-ring (bicyclic) bond motifs is 2. The van der Waals surface area contributed by atoms with E-state index in [0.29, 0.717) is 24.7 Å². The molecule has 0 fully saturated rings. The van der Waals surface area contributed by atoms with E-state index in [1.54, 1.807) is 0 Å². The molecule has 0 aliphatic carbocycles. The zero-order chi connectivity index (χ0) is 32.8. The van der Waals surface area contributed by atoms with Crippen LogP contribution < -0.4 is 39.0 Å². The third-order valence-corrected chi connectivity index (χ3v) is 8.28. The monoisotopic (exact) mass is 649 g/mol. The first-order valence-corrected chi connectivity index (χ1v) is 15.4. The van der Waals surface area contributed by atoms with Gasteiger partial charge in [-0.3, -0.25) is 0 Å². The van der Waals surface area contributed by atoms with E-state index < -0.39 is 11.4 Å². The molecule has 0 bridgehead atoms. The van der Waals surface area contributed by atoms with Crippen molar-refractivity contribution in [2.75, 3.05) is 0 Å². The van der Waals surface area contributed by atoms with E-state index in [0.717, 1.165) is 44.3 Å². The number of hydrogen-bond donors (Lipinski definition) is 2. The van der Waals surface area contributed by atoms with E-state index in [4.69, 9.17) is 9.47 Å². The van der Waals surface area contributed by atoms with Crippen molar-refractivity contribution in [1.29, 1.82) is 0 Å². The van der Waals surface area contributed by atoms with Crippen LogP contribution in [0.4, 0.5) is 0 Å². The van der Waals surface area contributed by atoms with Crippen molar-refractivity contribution in [2.45, 2.75) is 39.4 Å². The van der Waals surface area contributed by atoms with Crippen LogP contribution in [0.25, 0.3) is 21.8 Å². The molecule has 0 atom stereocenters. The molecule has 0 aliphatic heterocycles. The van der Waals surface area contributed by atoms with Crippen LogP contribution in [0, 0.1) is 5.41 Å². The van der Waals surface area contributed by atoms with Gasteiger partial charge in [-0.25, -0.2) is 14.8 Å². The van der Waals surface area contributed by atoms with Crippen LogP contribution >= 0.6 is 0 Å². The molecule has 0 saturated carbocycles. The number of rotatable bonds is 12. The number of oxime groups is 1. The van der Waals surface area contributed by atoms with Crippen molar-refractivity contribution in [1.82, 2.24) is 9.97 Å². The summed E-state index contributed by atoms with van der Waals surface area (Å²) in [7, 11) is 0. The van der Waals surface area contributed by atoms with E-state index in [2.05, 4.69) is 15.1 Å². The summed E-state index contributed by atoms with van der Waals surface area (Å²) in [6, 6.07) is 39.5. The summed E-state index contributed by atoms with van der Waals surface area (Å²) in [5.74, 6) is -0.119. The van der Waals surface area contributed by atoms with Gasteiger partial charge in [-0.05, 0) is 65.1 Å². The van der Waals surface area contributed by atoms with Gasteiger partial charge in [-0.2, -0.15) is 0 Å². The molecule has 9 heteroatoms. The summed E-state index contributed by atoms with van der Waals surface area (Å²) in [6.07, 6.45) is 0.0429. The average molecular weight is 650 g/mol. The summed E-state index contributed by atoms with van der Waals surface area (Å²) in [6.45, 7) is 4.59. The number of ether oxygens (including phenoxy) is 2. The number of aliphatic carboxylic acids is 1. The molecule has 6 rings (SSSR count). The van der Waals surface area contributed by atoms with Gasteiger partial charge >= 0.3 is 35.5 Å². The third-order valence-electron chi connectivity index (χ3n) is 8.28.